The number of carbonyl (C=O) groups excluding carboxylic acids is 3. The number of thiazole rings is 1. The molecule has 3 atom stereocenters. The number of Topliss-reactive ketones (excluding diaryl/α,β-unsaturated/α-hetero) is 1. The van der Waals surface area contributed by atoms with Gasteiger partial charge in [-0.3, -0.25) is 14.4 Å². The average molecular weight is 553 g/mol. The number of rotatable bonds is 11. The number of nitrogens with zero attached hydrogens (tertiary/aromatic N) is 2. The maximum Gasteiger partial charge on any atom is 0.243 e. The zero-order valence-corrected chi connectivity index (χ0v) is 24.5. The maximum atomic E-state index is 13.6. The van der Waals surface area contributed by atoms with Gasteiger partial charge in [-0.05, 0) is 49.8 Å². The third-order valence-electron chi connectivity index (χ3n) is 7.14. The average Bonchev–Trinajstić information content (AvgIpc) is 3.52. The van der Waals surface area contributed by atoms with Crippen LogP contribution in [-0.2, 0) is 14.4 Å². The van der Waals surface area contributed by atoms with Crippen LogP contribution in [0.1, 0.15) is 71.2 Å². The fraction of sp³-hybridized carbons (Fsp3) is 0.500. The van der Waals surface area contributed by atoms with E-state index in [1.165, 1.54) is 13.0 Å². The number of aryl methyl sites for hydroxylation is 1. The van der Waals surface area contributed by atoms with E-state index in [2.05, 4.69) is 10.3 Å². The molecule has 0 aliphatic carbocycles. The van der Waals surface area contributed by atoms with Gasteiger partial charge in [0.05, 0.1) is 28.0 Å². The molecule has 39 heavy (non-hydrogen) atoms. The van der Waals surface area contributed by atoms with E-state index in [9.17, 15) is 19.5 Å². The number of hydrogen-bond donors (Lipinski definition) is 3. The molecule has 3 N–H and O–H groups in total. The topological polar surface area (TPSA) is 123 Å². The van der Waals surface area contributed by atoms with Gasteiger partial charge < -0.3 is 20.7 Å². The molecule has 2 heterocycles. The highest BCUT2D eigenvalue weighted by atomic mass is 32.1. The Balaban J connectivity index is 1.84. The summed E-state index contributed by atoms with van der Waals surface area (Å²) < 4.78 is 0. The van der Waals surface area contributed by atoms with Crippen molar-refractivity contribution in [3.05, 3.63) is 52.9 Å². The van der Waals surface area contributed by atoms with Crippen molar-refractivity contribution in [2.24, 2.45) is 17.8 Å². The van der Waals surface area contributed by atoms with E-state index in [1.54, 1.807) is 16.2 Å². The van der Waals surface area contributed by atoms with Crippen LogP contribution in [0.2, 0.25) is 0 Å². The summed E-state index contributed by atoms with van der Waals surface area (Å²) in [5, 5.41) is 21.3. The summed E-state index contributed by atoms with van der Waals surface area (Å²) in [6.45, 7) is 11.3. The zero-order chi connectivity index (χ0) is 28.9. The lowest BCUT2D eigenvalue weighted by Crippen LogP contribution is -2.49. The Labute approximate surface area is 235 Å². The van der Waals surface area contributed by atoms with E-state index in [0.717, 1.165) is 21.7 Å². The highest BCUT2D eigenvalue weighted by molar-refractivity contribution is 7.13. The van der Waals surface area contributed by atoms with Crippen LogP contribution < -0.4 is 5.32 Å². The number of benzene rings is 1. The third kappa shape index (κ3) is 7.41. The van der Waals surface area contributed by atoms with Gasteiger partial charge in [-0.25, -0.2) is 4.98 Å². The van der Waals surface area contributed by atoms with Gasteiger partial charge in [-0.1, -0.05) is 52.0 Å². The summed E-state index contributed by atoms with van der Waals surface area (Å²) in [7, 11) is 0. The Morgan fingerprint density at radius 1 is 1.21 bits per heavy atom. The molecule has 0 spiro atoms. The minimum absolute atomic E-state index is 0.0407. The van der Waals surface area contributed by atoms with Crippen LogP contribution in [0.25, 0.3) is 10.4 Å². The fourth-order valence-corrected chi connectivity index (χ4v) is 5.76. The normalized spacial score (nSPS) is 17.4. The van der Waals surface area contributed by atoms with Gasteiger partial charge in [0.2, 0.25) is 11.8 Å². The van der Waals surface area contributed by atoms with E-state index in [1.807, 2.05) is 64.4 Å². The number of ketones is 1. The Bertz CT molecular complexity index is 1230. The van der Waals surface area contributed by atoms with Gasteiger partial charge in [0.15, 0.2) is 0 Å². The number of allylic oxidation sites excluding steroid dienone is 1. The number of nitrogens with one attached hydrogen (secondary N) is 2. The number of likely N-dealkylation sites (tertiary alicyclic amines) is 1. The quantitative estimate of drug-likeness (QED) is 0.246. The van der Waals surface area contributed by atoms with Crippen LogP contribution in [0.3, 0.4) is 0 Å². The van der Waals surface area contributed by atoms with E-state index >= 15 is 0 Å². The number of aliphatic hydroxyl groups excluding tert-OH is 1. The molecule has 9 heteroatoms. The molecular weight excluding hydrogens is 512 g/mol. The number of carbonyl (C=O) groups is 3. The summed E-state index contributed by atoms with van der Waals surface area (Å²) >= 11 is 1.57. The van der Waals surface area contributed by atoms with Crippen molar-refractivity contribution >= 4 is 34.6 Å². The summed E-state index contributed by atoms with van der Waals surface area (Å²) in [5.41, 5.74) is 4.76. The van der Waals surface area contributed by atoms with Crippen molar-refractivity contribution in [2.75, 3.05) is 6.54 Å². The largest absolute Gasteiger partial charge is 0.511 e. The molecule has 1 saturated heterocycles. The molecule has 1 aromatic heterocycles. The fourth-order valence-electron chi connectivity index (χ4n) is 4.95. The van der Waals surface area contributed by atoms with E-state index in [0.29, 0.717) is 19.4 Å². The second-order valence-electron chi connectivity index (χ2n) is 10.9. The molecule has 3 rings (SSSR count). The number of hydrogen-bond acceptors (Lipinski definition) is 7. The first-order chi connectivity index (χ1) is 18.4. The molecule has 1 aromatic carbocycles. The summed E-state index contributed by atoms with van der Waals surface area (Å²) in [6.07, 6.45) is 2.62. The highest BCUT2D eigenvalue weighted by Gasteiger charge is 2.40. The Kier molecular flexibility index (Phi) is 10.2. The minimum Gasteiger partial charge on any atom is -0.511 e. The standard InChI is InChI=1S/C30H40N4O4S/c1-17(2)25(35)15-23(21-9-11-22(12-10-21)28-20(6)32-16-39-28)33-29(37)24-8-7-13-34(24)30(38)27(18(3)4)26(36)14-19(5)31/h9-12,14,16-18,23-24,27,31,36H,7-8,13,15H2,1-6H3,(H,33,37)/b26-14-,31-19?/t23-,24?,27?/m0/s1. The summed E-state index contributed by atoms with van der Waals surface area (Å²) in [5.74, 6) is -1.97. The van der Waals surface area contributed by atoms with Crippen molar-refractivity contribution in [3.63, 3.8) is 0 Å². The summed E-state index contributed by atoms with van der Waals surface area (Å²) in [6, 6.07) is 6.60. The van der Waals surface area contributed by atoms with Crippen LogP contribution in [0.4, 0.5) is 0 Å². The van der Waals surface area contributed by atoms with Crippen LogP contribution in [0.5, 0.6) is 0 Å². The zero-order valence-electron chi connectivity index (χ0n) is 23.7. The molecule has 8 nitrogen and oxygen atoms in total. The molecule has 2 amide bonds. The molecule has 2 unspecified atom stereocenters. The number of aromatic nitrogens is 1. The van der Waals surface area contributed by atoms with Gasteiger partial charge in [0, 0.05) is 24.6 Å². The first kappa shape index (κ1) is 30.2. The lowest BCUT2D eigenvalue weighted by molar-refractivity contribution is -0.142. The molecular formula is C30H40N4O4S. The van der Waals surface area contributed by atoms with Gasteiger partial charge >= 0.3 is 0 Å². The van der Waals surface area contributed by atoms with Gasteiger partial charge in [-0.15, -0.1) is 11.3 Å². The van der Waals surface area contributed by atoms with Gasteiger partial charge in [-0.2, -0.15) is 0 Å². The Morgan fingerprint density at radius 3 is 2.41 bits per heavy atom. The Hall–Kier alpha value is -3.33. The predicted octanol–water partition coefficient (Wildman–Crippen LogP) is 5.64. The van der Waals surface area contributed by atoms with Gasteiger partial charge in [0.1, 0.15) is 17.6 Å². The van der Waals surface area contributed by atoms with Crippen molar-refractivity contribution in [1.82, 2.24) is 15.2 Å². The molecule has 0 bridgehead atoms. The predicted molar refractivity (Wildman–Crippen MR) is 155 cm³/mol. The van der Waals surface area contributed by atoms with Crippen LogP contribution in [0, 0.1) is 30.1 Å². The first-order valence-corrected chi connectivity index (χ1v) is 14.4. The van der Waals surface area contributed by atoms with E-state index < -0.39 is 18.0 Å². The second-order valence-corrected chi connectivity index (χ2v) is 11.8. The lowest BCUT2D eigenvalue weighted by Gasteiger charge is -2.31. The van der Waals surface area contributed by atoms with Crippen molar-refractivity contribution in [3.8, 4) is 10.4 Å². The number of amides is 2. The first-order valence-electron chi connectivity index (χ1n) is 13.5. The van der Waals surface area contributed by atoms with Crippen molar-refractivity contribution < 1.29 is 19.5 Å². The van der Waals surface area contributed by atoms with Crippen LogP contribution in [-0.4, -0.2) is 50.9 Å². The molecule has 0 radical (unpaired) electrons. The Morgan fingerprint density at radius 2 is 1.87 bits per heavy atom. The highest BCUT2D eigenvalue weighted by Crippen LogP contribution is 2.31. The molecule has 210 valence electrons. The van der Waals surface area contributed by atoms with E-state index in [-0.39, 0.29) is 47.3 Å². The van der Waals surface area contributed by atoms with E-state index in [4.69, 9.17) is 5.41 Å². The molecule has 1 fully saturated rings. The summed E-state index contributed by atoms with van der Waals surface area (Å²) in [4.78, 5) is 46.8. The molecule has 2 aromatic rings. The van der Waals surface area contributed by atoms with Gasteiger partial charge in [0.25, 0.3) is 0 Å². The minimum atomic E-state index is -0.834. The second kappa shape index (κ2) is 13.2. The van der Waals surface area contributed by atoms with Crippen LogP contribution in [0.15, 0.2) is 41.6 Å². The monoisotopic (exact) mass is 552 g/mol. The maximum absolute atomic E-state index is 13.6. The van der Waals surface area contributed by atoms with Crippen LogP contribution >= 0.6 is 11.3 Å². The SMILES string of the molecule is CC(=N)/C=C(\O)C(C(=O)N1CCCC1C(=O)N[C@@H](CC(=O)C(C)C)c1ccc(-c2scnc2C)cc1)C(C)C. The van der Waals surface area contributed by atoms with Crippen molar-refractivity contribution in [1.29, 1.82) is 5.41 Å². The van der Waals surface area contributed by atoms with Crippen molar-refractivity contribution in [2.45, 2.75) is 72.9 Å². The lowest BCUT2D eigenvalue weighted by atomic mass is 9.91. The molecule has 1 aliphatic heterocycles. The smallest absolute Gasteiger partial charge is 0.243 e. The molecule has 1 aliphatic rings. The third-order valence-corrected chi connectivity index (χ3v) is 8.12. The number of aliphatic hydroxyl groups is 1. The molecule has 0 saturated carbocycles.